The van der Waals surface area contributed by atoms with E-state index in [1.807, 2.05) is 0 Å². The molecule has 0 aromatic rings. The van der Waals surface area contributed by atoms with Crippen LogP contribution < -0.4 is 0 Å². The first kappa shape index (κ1) is 18.1. The largest absolute Gasteiger partial charge is 0.0654 e. The molecule has 0 saturated heterocycles. The molecule has 2 fully saturated rings. The molecule has 0 aromatic carbocycles. The van der Waals surface area contributed by atoms with Gasteiger partial charge in [-0.25, -0.2) is 0 Å². The quantitative estimate of drug-likeness (QED) is 0.509. The normalized spacial score (nSPS) is 34.2. The topological polar surface area (TPSA) is 0 Å². The van der Waals surface area contributed by atoms with Crippen LogP contribution in [0, 0.1) is 23.7 Å². The van der Waals surface area contributed by atoms with Crippen LogP contribution in [0.15, 0.2) is 0 Å². The van der Waals surface area contributed by atoms with E-state index in [0.29, 0.717) is 0 Å². The van der Waals surface area contributed by atoms with Gasteiger partial charge < -0.3 is 0 Å². The van der Waals surface area contributed by atoms with Gasteiger partial charge in [0.1, 0.15) is 0 Å². The molecule has 0 amide bonds. The van der Waals surface area contributed by atoms with Crippen molar-refractivity contribution in [2.45, 2.75) is 105 Å². The van der Waals surface area contributed by atoms with Gasteiger partial charge in [0, 0.05) is 0 Å². The second-order valence-electron chi connectivity index (χ2n) is 7.62. The van der Waals surface area contributed by atoms with Gasteiger partial charge in [-0.05, 0) is 23.7 Å². The van der Waals surface area contributed by atoms with Gasteiger partial charge in [-0.1, -0.05) is 105 Å². The van der Waals surface area contributed by atoms with E-state index in [2.05, 4.69) is 27.7 Å². The van der Waals surface area contributed by atoms with E-state index in [1.165, 1.54) is 77.0 Å². The van der Waals surface area contributed by atoms with Crippen molar-refractivity contribution in [3.05, 3.63) is 0 Å². The molecule has 0 aromatic heterocycles. The predicted octanol–water partition coefficient (Wildman–Crippen LogP) is 7.23. The van der Waals surface area contributed by atoms with Crippen LogP contribution in [0.3, 0.4) is 0 Å². The molecule has 20 heavy (non-hydrogen) atoms. The lowest BCUT2D eigenvalue weighted by atomic mass is 9.80. The Morgan fingerprint density at radius 3 is 1.35 bits per heavy atom. The molecule has 0 aliphatic heterocycles. The standard InChI is InChI=1S/2C10H20/c1-3-4-10-7-5-9(2)6-8-10;1-3-9-5-7-10(4-2)8-6-9/h2*9-10H,3-8H2,1-2H3. The minimum atomic E-state index is 1.02. The van der Waals surface area contributed by atoms with Gasteiger partial charge in [0.25, 0.3) is 0 Å². The van der Waals surface area contributed by atoms with E-state index in [9.17, 15) is 0 Å². The average molecular weight is 281 g/mol. The van der Waals surface area contributed by atoms with E-state index in [0.717, 1.165) is 23.7 Å². The van der Waals surface area contributed by atoms with Crippen molar-refractivity contribution in [2.75, 3.05) is 0 Å². The van der Waals surface area contributed by atoms with E-state index in [1.54, 1.807) is 0 Å². The maximum Gasteiger partial charge on any atom is -0.0414 e. The Labute approximate surface area is 129 Å². The first-order valence-corrected chi connectivity index (χ1v) is 9.69. The molecule has 2 aliphatic rings. The maximum absolute atomic E-state index is 2.39. The van der Waals surface area contributed by atoms with Crippen LogP contribution in [-0.4, -0.2) is 0 Å². The molecule has 0 N–H and O–H groups in total. The zero-order chi connectivity index (χ0) is 14.8. The third kappa shape index (κ3) is 7.14. The third-order valence-corrected chi connectivity index (χ3v) is 5.95. The summed E-state index contributed by atoms with van der Waals surface area (Å²) in [5, 5.41) is 0. The Balaban J connectivity index is 0.000000200. The third-order valence-electron chi connectivity index (χ3n) is 5.95. The summed E-state index contributed by atoms with van der Waals surface area (Å²) in [6, 6.07) is 0. The van der Waals surface area contributed by atoms with Crippen LogP contribution in [-0.2, 0) is 0 Å². The number of rotatable bonds is 4. The maximum atomic E-state index is 2.39. The lowest BCUT2D eigenvalue weighted by Crippen LogP contribution is -2.12. The first-order valence-electron chi connectivity index (χ1n) is 9.69. The van der Waals surface area contributed by atoms with Crippen LogP contribution >= 0.6 is 0 Å². The summed E-state index contributed by atoms with van der Waals surface area (Å²) >= 11 is 0. The van der Waals surface area contributed by atoms with Gasteiger partial charge in [-0.15, -0.1) is 0 Å². The van der Waals surface area contributed by atoms with Gasteiger partial charge >= 0.3 is 0 Å². The summed E-state index contributed by atoms with van der Waals surface area (Å²) in [5.41, 5.74) is 0. The fourth-order valence-corrected chi connectivity index (χ4v) is 4.07. The summed E-state index contributed by atoms with van der Waals surface area (Å²) in [5.74, 6) is 4.25. The summed E-state index contributed by atoms with van der Waals surface area (Å²) in [4.78, 5) is 0. The highest BCUT2D eigenvalue weighted by molar-refractivity contribution is 4.70. The highest BCUT2D eigenvalue weighted by Gasteiger charge is 2.18. The number of hydrogen-bond donors (Lipinski definition) is 0. The van der Waals surface area contributed by atoms with Gasteiger partial charge in [-0.3, -0.25) is 0 Å². The van der Waals surface area contributed by atoms with Crippen LogP contribution in [0.2, 0.25) is 0 Å². The molecule has 120 valence electrons. The van der Waals surface area contributed by atoms with Crippen LogP contribution in [0.4, 0.5) is 0 Å². The van der Waals surface area contributed by atoms with Crippen molar-refractivity contribution < 1.29 is 0 Å². The molecular formula is C20H40. The SMILES string of the molecule is CCC1CCC(CC)CC1.CCCC1CCC(C)CC1. The molecule has 2 rings (SSSR count). The fraction of sp³-hybridized carbons (Fsp3) is 1.00. The Kier molecular flexibility index (Phi) is 9.65. The number of hydrogen-bond acceptors (Lipinski definition) is 0. The van der Waals surface area contributed by atoms with Gasteiger partial charge in [0.2, 0.25) is 0 Å². The zero-order valence-corrected chi connectivity index (χ0v) is 14.8. The van der Waals surface area contributed by atoms with E-state index < -0.39 is 0 Å². The fourth-order valence-electron chi connectivity index (χ4n) is 4.07. The molecule has 0 nitrogen and oxygen atoms in total. The Morgan fingerprint density at radius 2 is 1.00 bits per heavy atom. The summed E-state index contributed by atoms with van der Waals surface area (Å²) in [6.45, 7) is 9.36. The van der Waals surface area contributed by atoms with Crippen molar-refractivity contribution in [1.29, 1.82) is 0 Å². The lowest BCUT2D eigenvalue weighted by molar-refractivity contribution is 0.264. The molecule has 0 heteroatoms. The molecule has 2 saturated carbocycles. The van der Waals surface area contributed by atoms with Crippen molar-refractivity contribution in [3.8, 4) is 0 Å². The summed E-state index contributed by atoms with van der Waals surface area (Å²) in [7, 11) is 0. The molecule has 0 spiro atoms. The van der Waals surface area contributed by atoms with Crippen molar-refractivity contribution in [1.82, 2.24) is 0 Å². The summed E-state index contributed by atoms with van der Waals surface area (Å²) < 4.78 is 0. The van der Waals surface area contributed by atoms with Gasteiger partial charge in [0.15, 0.2) is 0 Å². The lowest BCUT2D eigenvalue weighted by Gasteiger charge is -2.26. The molecule has 0 heterocycles. The van der Waals surface area contributed by atoms with Crippen LogP contribution in [0.5, 0.6) is 0 Å². The van der Waals surface area contributed by atoms with Gasteiger partial charge in [-0.2, -0.15) is 0 Å². The molecule has 0 unspecified atom stereocenters. The van der Waals surface area contributed by atoms with Crippen LogP contribution in [0.1, 0.15) is 105 Å². The minimum absolute atomic E-state index is 1.02. The highest BCUT2D eigenvalue weighted by atomic mass is 14.2. The molecule has 0 radical (unpaired) electrons. The predicted molar refractivity (Wildman–Crippen MR) is 92.1 cm³/mol. The molecular weight excluding hydrogens is 240 g/mol. The smallest absolute Gasteiger partial charge is 0.0414 e. The second kappa shape index (κ2) is 10.7. The van der Waals surface area contributed by atoms with Crippen molar-refractivity contribution >= 4 is 0 Å². The van der Waals surface area contributed by atoms with Crippen molar-refractivity contribution in [3.63, 3.8) is 0 Å². The molecule has 0 bridgehead atoms. The van der Waals surface area contributed by atoms with Gasteiger partial charge in [0.05, 0.1) is 0 Å². The van der Waals surface area contributed by atoms with Crippen LogP contribution in [0.25, 0.3) is 0 Å². The first-order chi connectivity index (χ1) is 9.69. The Hall–Kier alpha value is 0. The minimum Gasteiger partial charge on any atom is -0.0654 e. The Morgan fingerprint density at radius 1 is 0.600 bits per heavy atom. The second-order valence-corrected chi connectivity index (χ2v) is 7.62. The van der Waals surface area contributed by atoms with Crippen molar-refractivity contribution in [2.24, 2.45) is 23.7 Å². The highest BCUT2D eigenvalue weighted by Crippen LogP contribution is 2.32. The molecule has 2 aliphatic carbocycles. The van der Waals surface area contributed by atoms with E-state index >= 15 is 0 Å². The van der Waals surface area contributed by atoms with E-state index in [-0.39, 0.29) is 0 Å². The Bertz CT molecular complexity index is 192. The monoisotopic (exact) mass is 280 g/mol. The summed E-state index contributed by atoms with van der Waals surface area (Å²) in [6.07, 6.45) is 17.7. The molecule has 0 atom stereocenters. The zero-order valence-electron chi connectivity index (χ0n) is 14.8. The van der Waals surface area contributed by atoms with E-state index in [4.69, 9.17) is 0 Å². The average Bonchev–Trinajstić information content (AvgIpc) is 2.50.